The number of carbonyl (C=O) groups excluding carboxylic acids is 1. The summed E-state index contributed by atoms with van der Waals surface area (Å²) in [6.45, 7) is 0. The van der Waals surface area contributed by atoms with Crippen LogP contribution in [0.1, 0.15) is 17.9 Å². The van der Waals surface area contributed by atoms with E-state index >= 15 is 0 Å². The van der Waals surface area contributed by atoms with Crippen molar-refractivity contribution in [1.82, 2.24) is 15.5 Å². The molecule has 1 aliphatic carbocycles. The quantitative estimate of drug-likeness (QED) is 0.859. The highest BCUT2D eigenvalue weighted by atomic mass is 32.2. The van der Waals surface area contributed by atoms with Gasteiger partial charge in [0, 0.05) is 12.0 Å². The normalized spacial score (nSPS) is 21.1. The molecule has 1 fully saturated rings. The van der Waals surface area contributed by atoms with E-state index in [4.69, 9.17) is 0 Å². The Morgan fingerprint density at radius 1 is 1.42 bits per heavy atom. The van der Waals surface area contributed by atoms with Gasteiger partial charge in [-0.3, -0.25) is 4.79 Å². The van der Waals surface area contributed by atoms with Gasteiger partial charge in [0.15, 0.2) is 4.34 Å². The SMILES string of the molecule is O=C(CSc1nncs1)NC1CC1c1ccccc1. The van der Waals surface area contributed by atoms with Crippen LogP contribution < -0.4 is 5.32 Å². The first-order valence-corrected chi connectivity index (χ1v) is 7.93. The standard InChI is InChI=1S/C13H13N3OS2/c17-12(7-18-13-16-14-8-19-13)15-11-6-10(11)9-4-2-1-3-5-9/h1-5,8,10-11H,6-7H2,(H,15,17). The van der Waals surface area contributed by atoms with Gasteiger partial charge in [0.2, 0.25) is 5.91 Å². The molecule has 0 radical (unpaired) electrons. The van der Waals surface area contributed by atoms with Gasteiger partial charge in [-0.2, -0.15) is 0 Å². The molecular weight excluding hydrogens is 278 g/mol. The first-order valence-electron chi connectivity index (χ1n) is 6.06. The number of thioether (sulfide) groups is 1. The summed E-state index contributed by atoms with van der Waals surface area (Å²) in [4.78, 5) is 11.8. The Bertz CT molecular complexity index is 544. The number of carbonyl (C=O) groups is 1. The van der Waals surface area contributed by atoms with Crippen molar-refractivity contribution in [2.45, 2.75) is 22.7 Å². The van der Waals surface area contributed by atoms with Gasteiger partial charge in [0.25, 0.3) is 0 Å². The van der Waals surface area contributed by atoms with E-state index in [1.54, 1.807) is 5.51 Å². The summed E-state index contributed by atoms with van der Waals surface area (Å²) < 4.78 is 0.838. The lowest BCUT2D eigenvalue weighted by Gasteiger charge is -2.03. The van der Waals surface area contributed by atoms with Crippen LogP contribution in [0.2, 0.25) is 0 Å². The van der Waals surface area contributed by atoms with Crippen LogP contribution in [0.3, 0.4) is 0 Å². The van der Waals surface area contributed by atoms with Crippen LogP contribution in [0.5, 0.6) is 0 Å². The highest BCUT2D eigenvalue weighted by Gasteiger charge is 2.39. The molecule has 0 bridgehead atoms. The zero-order chi connectivity index (χ0) is 13.1. The van der Waals surface area contributed by atoms with E-state index in [2.05, 4.69) is 27.6 Å². The fourth-order valence-electron chi connectivity index (χ4n) is 2.02. The minimum absolute atomic E-state index is 0.0728. The molecule has 0 spiro atoms. The Hall–Kier alpha value is -1.40. The number of aromatic nitrogens is 2. The summed E-state index contributed by atoms with van der Waals surface area (Å²) in [5, 5.41) is 10.7. The van der Waals surface area contributed by atoms with Gasteiger partial charge in [-0.15, -0.1) is 10.2 Å². The van der Waals surface area contributed by atoms with Crippen molar-refractivity contribution in [1.29, 1.82) is 0 Å². The van der Waals surface area contributed by atoms with Gasteiger partial charge < -0.3 is 5.32 Å². The van der Waals surface area contributed by atoms with E-state index < -0.39 is 0 Å². The zero-order valence-corrected chi connectivity index (χ0v) is 11.8. The second-order valence-electron chi connectivity index (χ2n) is 4.42. The number of hydrogen-bond acceptors (Lipinski definition) is 5. The van der Waals surface area contributed by atoms with Crippen molar-refractivity contribution >= 4 is 29.0 Å². The largest absolute Gasteiger partial charge is 0.352 e. The van der Waals surface area contributed by atoms with Gasteiger partial charge in [0.1, 0.15) is 5.51 Å². The van der Waals surface area contributed by atoms with Crippen molar-refractivity contribution in [3.05, 3.63) is 41.4 Å². The first-order chi connectivity index (χ1) is 9.33. The topological polar surface area (TPSA) is 54.9 Å². The predicted octanol–water partition coefficient (Wildman–Crippen LogP) is 2.30. The molecule has 19 heavy (non-hydrogen) atoms. The monoisotopic (exact) mass is 291 g/mol. The molecule has 1 aliphatic rings. The summed E-state index contributed by atoms with van der Waals surface area (Å²) in [7, 11) is 0. The van der Waals surface area contributed by atoms with Gasteiger partial charge >= 0.3 is 0 Å². The van der Waals surface area contributed by atoms with Crippen LogP contribution in [0, 0.1) is 0 Å². The van der Waals surface area contributed by atoms with Crippen LogP contribution in [0.25, 0.3) is 0 Å². The van der Waals surface area contributed by atoms with E-state index in [0.717, 1.165) is 10.8 Å². The number of amides is 1. The second kappa shape index (κ2) is 5.71. The van der Waals surface area contributed by atoms with E-state index in [9.17, 15) is 4.79 Å². The van der Waals surface area contributed by atoms with Crippen LogP contribution in [-0.4, -0.2) is 27.9 Å². The molecule has 1 N–H and O–H groups in total. The third-order valence-electron chi connectivity index (χ3n) is 3.03. The fraction of sp³-hybridized carbons (Fsp3) is 0.308. The Kier molecular flexibility index (Phi) is 3.79. The molecule has 0 aliphatic heterocycles. The molecule has 1 aromatic carbocycles. The third kappa shape index (κ3) is 3.33. The summed E-state index contributed by atoms with van der Waals surface area (Å²) in [6, 6.07) is 10.6. The van der Waals surface area contributed by atoms with Gasteiger partial charge in [-0.05, 0) is 12.0 Å². The van der Waals surface area contributed by atoms with E-state index in [-0.39, 0.29) is 5.91 Å². The van der Waals surface area contributed by atoms with E-state index in [1.807, 2.05) is 18.2 Å². The highest BCUT2D eigenvalue weighted by molar-refractivity contribution is 8.01. The van der Waals surface area contributed by atoms with Crippen molar-refractivity contribution in [2.24, 2.45) is 0 Å². The molecule has 1 aromatic heterocycles. The molecule has 0 saturated heterocycles. The Morgan fingerprint density at radius 2 is 2.26 bits per heavy atom. The van der Waals surface area contributed by atoms with Crippen molar-refractivity contribution < 1.29 is 4.79 Å². The first kappa shape index (κ1) is 12.6. The molecule has 2 unspecified atom stereocenters. The van der Waals surface area contributed by atoms with Crippen LogP contribution in [0.15, 0.2) is 40.2 Å². The van der Waals surface area contributed by atoms with Crippen LogP contribution >= 0.6 is 23.1 Å². The highest BCUT2D eigenvalue weighted by Crippen LogP contribution is 2.40. The number of nitrogens with one attached hydrogen (secondary N) is 1. The number of hydrogen-bond donors (Lipinski definition) is 1. The van der Waals surface area contributed by atoms with Gasteiger partial charge in [-0.25, -0.2) is 0 Å². The van der Waals surface area contributed by atoms with Crippen molar-refractivity contribution in [3.63, 3.8) is 0 Å². The maximum absolute atomic E-state index is 11.8. The lowest BCUT2D eigenvalue weighted by Crippen LogP contribution is -2.28. The minimum Gasteiger partial charge on any atom is -0.352 e. The summed E-state index contributed by atoms with van der Waals surface area (Å²) >= 11 is 2.89. The molecule has 6 heteroatoms. The average Bonchev–Trinajstić information content (AvgIpc) is 3.00. The fourth-order valence-corrected chi connectivity index (χ4v) is 3.32. The maximum atomic E-state index is 11.8. The second-order valence-corrected chi connectivity index (χ2v) is 6.48. The predicted molar refractivity (Wildman–Crippen MR) is 76.4 cm³/mol. The van der Waals surface area contributed by atoms with Crippen LogP contribution in [-0.2, 0) is 4.79 Å². The van der Waals surface area contributed by atoms with Crippen LogP contribution in [0.4, 0.5) is 0 Å². The number of nitrogens with zero attached hydrogens (tertiary/aromatic N) is 2. The molecule has 1 saturated carbocycles. The Balaban J connectivity index is 1.44. The van der Waals surface area contributed by atoms with Crippen molar-refractivity contribution in [2.75, 3.05) is 5.75 Å². The molecule has 2 atom stereocenters. The molecule has 1 amide bonds. The molecule has 98 valence electrons. The maximum Gasteiger partial charge on any atom is 0.230 e. The third-order valence-corrected chi connectivity index (χ3v) is 4.89. The lowest BCUT2D eigenvalue weighted by atomic mass is 10.1. The summed E-state index contributed by atoms with van der Waals surface area (Å²) in [5.41, 5.74) is 2.98. The molecule has 1 heterocycles. The minimum atomic E-state index is 0.0728. The average molecular weight is 291 g/mol. The number of rotatable bonds is 5. The zero-order valence-electron chi connectivity index (χ0n) is 10.2. The Labute approximate surface area is 119 Å². The van der Waals surface area contributed by atoms with E-state index in [0.29, 0.717) is 17.7 Å². The molecule has 3 rings (SSSR count). The Morgan fingerprint density at radius 3 is 3.00 bits per heavy atom. The van der Waals surface area contributed by atoms with E-state index in [1.165, 1.54) is 28.7 Å². The number of benzene rings is 1. The van der Waals surface area contributed by atoms with Gasteiger partial charge in [-0.1, -0.05) is 53.4 Å². The lowest BCUT2D eigenvalue weighted by molar-refractivity contribution is -0.118. The molecular formula is C13H13N3OS2. The summed E-state index contributed by atoms with van der Waals surface area (Å²) in [6.07, 6.45) is 1.04. The molecule has 2 aromatic rings. The molecule has 4 nitrogen and oxygen atoms in total. The smallest absolute Gasteiger partial charge is 0.230 e. The van der Waals surface area contributed by atoms with Gasteiger partial charge in [0.05, 0.1) is 5.75 Å². The van der Waals surface area contributed by atoms with Crippen molar-refractivity contribution in [3.8, 4) is 0 Å². The summed E-state index contributed by atoms with van der Waals surface area (Å²) in [5.74, 6) is 0.966.